The number of aliphatic imine (C=N–C) groups is 1. The molecule has 4 nitrogen and oxygen atoms in total. The lowest BCUT2D eigenvalue weighted by Gasteiger charge is -2.36. The van der Waals surface area contributed by atoms with E-state index in [1.54, 1.807) is 6.07 Å². The van der Waals surface area contributed by atoms with Crippen molar-refractivity contribution in [1.82, 2.24) is 9.80 Å². The van der Waals surface area contributed by atoms with Crippen LogP contribution < -0.4 is 0 Å². The topological polar surface area (TPSA) is 42.7 Å². The Kier molecular flexibility index (Phi) is 4.24. The van der Waals surface area contributed by atoms with Crippen LogP contribution in [0.5, 0.6) is 0 Å². The summed E-state index contributed by atoms with van der Waals surface area (Å²) in [7, 11) is 0. The Labute approximate surface area is 156 Å². The van der Waals surface area contributed by atoms with Gasteiger partial charge in [-0.05, 0) is 29.3 Å². The number of benzene rings is 2. The van der Waals surface area contributed by atoms with Crippen LogP contribution in [-0.2, 0) is 6.54 Å². The van der Waals surface area contributed by atoms with Crippen molar-refractivity contribution in [2.24, 2.45) is 4.99 Å². The number of halogens is 2. The average Bonchev–Trinajstić information content (AvgIpc) is 3.07. The minimum Gasteiger partial charge on any atom is -0.310 e. The van der Waals surface area contributed by atoms with Crippen LogP contribution in [0.25, 0.3) is 5.70 Å². The van der Waals surface area contributed by atoms with Crippen LogP contribution in [0.1, 0.15) is 11.1 Å². The zero-order chi connectivity index (χ0) is 17.4. The first-order valence-electron chi connectivity index (χ1n) is 8.02. The zero-order valence-corrected chi connectivity index (χ0v) is 14.9. The Morgan fingerprint density at radius 3 is 2.48 bits per heavy atom. The third-order valence-electron chi connectivity index (χ3n) is 4.25. The molecule has 0 radical (unpaired) electrons. The average molecular weight is 371 g/mol. The molecular weight excluding hydrogens is 355 g/mol. The highest BCUT2D eigenvalue weighted by Gasteiger charge is 2.32. The first-order chi connectivity index (χ1) is 12.1. The Bertz CT molecular complexity index is 869. The lowest BCUT2D eigenvalue weighted by Crippen LogP contribution is -2.47. The smallest absolute Gasteiger partial charge is 0.207 e. The van der Waals surface area contributed by atoms with Gasteiger partial charge in [-0.25, -0.2) is 0 Å². The molecule has 2 aromatic carbocycles. The lowest BCUT2D eigenvalue weighted by atomic mass is 10.1. The highest BCUT2D eigenvalue weighted by atomic mass is 35.5. The fourth-order valence-electron chi connectivity index (χ4n) is 3.18. The maximum absolute atomic E-state index is 8.51. The third-order valence-corrected chi connectivity index (χ3v) is 4.68. The monoisotopic (exact) mass is 370 g/mol. The van der Waals surface area contributed by atoms with Gasteiger partial charge in [0.05, 0.1) is 18.8 Å². The van der Waals surface area contributed by atoms with Gasteiger partial charge >= 0.3 is 0 Å². The van der Waals surface area contributed by atoms with E-state index in [4.69, 9.17) is 28.6 Å². The molecular formula is C19H16Cl2N4. The van der Waals surface area contributed by atoms with Crippen molar-refractivity contribution < 1.29 is 0 Å². The zero-order valence-electron chi connectivity index (χ0n) is 13.4. The lowest BCUT2D eigenvalue weighted by molar-refractivity contribution is 0.497. The van der Waals surface area contributed by atoms with E-state index in [1.807, 2.05) is 41.3 Å². The van der Waals surface area contributed by atoms with Crippen LogP contribution in [-0.4, -0.2) is 34.7 Å². The molecule has 0 unspecified atom stereocenters. The van der Waals surface area contributed by atoms with Gasteiger partial charge in [-0.2, -0.15) is 0 Å². The van der Waals surface area contributed by atoms with Crippen molar-refractivity contribution in [2.75, 3.05) is 13.1 Å². The van der Waals surface area contributed by atoms with Gasteiger partial charge in [-0.1, -0.05) is 53.5 Å². The number of nitrogens with zero attached hydrogens (tertiary/aromatic N) is 3. The highest BCUT2D eigenvalue weighted by molar-refractivity contribution is 6.34. The van der Waals surface area contributed by atoms with Gasteiger partial charge in [0.1, 0.15) is 5.84 Å². The summed E-state index contributed by atoms with van der Waals surface area (Å²) in [5, 5.41) is 9.70. The molecule has 126 valence electrons. The molecule has 2 aliphatic rings. The predicted octanol–water partition coefficient (Wildman–Crippen LogP) is 4.50. The highest BCUT2D eigenvalue weighted by Crippen LogP contribution is 2.29. The second-order valence-corrected chi connectivity index (χ2v) is 6.85. The van der Waals surface area contributed by atoms with Crippen LogP contribution in [0.2, 0.25) is 10.0 Å². The molecule has 0 spiro atoms. The Morgan fingerprint density at radius 1 is 1.04 bits per heavy atom. The number of hydrogen-bond acceptors (Lipinski definition) is 3. The second-order valence-electron chi connectivity index (χ2n) is 5.98. The van der Waals surface area contributed by atoms with Crippen LogP contribution in [0.3, 0.4) is 0 Å². The number of fused-ring (bicyclic) bond motifs is 1. The second kappa shape index (κ2) is 6.54. The van der Waals surface area contributed by atoms with E-state index in [0.29, 0.717) is 22.4 Å². The molecule has 2 aromatic rings. The summed E-state index contributed by atoms with van der Waals surface area (Å²) in [6, 6.07) is 15.6. The molecule has 2 heterocycles. The summed E-state index contributed by atoms with van der Waals surface area (Å²) >= 11 is 12.2. The van der Waals surface area contributed by atoms with Crippen molar-refractivity contribution in [2.45, 2.75) is 6.54 Å². The van der Waals surface area contributed by atoms with Crippen molar-refractivity contribution >= 4 is 40.7 Å². The van der Waals surface area contributed by atoms with Crippen LogP contribution in [0.4, 0.5) is 0 Å². The molecule has 0 atom stereocenters. The normalized spacial score (nSPS) is 16.6. The molecule has 0 saturated heterocycles. The summed E-state index contributed by atoms with van der Waals surface area (Å²) in [5.41, 5.74) is 3.06. The third kappa shape index (κ3) is 3.15. The van der Waals surface area contributed by atoms with Gasteiger partial charge in [0.25, 0.3) is 0 Å². The van der Waals surface area contributed by atoms with E-state index in [-0.39, 0.29) is 0 Å². The van der Waals surface area contributed by atoms with E-state index in [9.17, 15) is 0 Å². The molecule has 6 heteroatoms. The number of guanidine groups is 1. The van der Waals surface area contributed by atoms with E-state index in [1.165, 1.54) is 0 Å². The molecule has 0 saturated carbocycles. The summed E-state index contributed by atoms with van der Waals surface area (Å²) in [6.45, 7) is 2.04. The maximum Gasteiger partial charge on any atom is 0.207 e. The quantitative estimate of drug-likeness (QED) is 0.863. The van der Waals surface area contributed by atoms with Crippen molar-refractivity contribution in [3.05, 3.63) is 75.8 Å². The first-order valence-corrected chi connectivity index (χ1v) is 8.77. The molecule has 1 N–H and O–H groups in total. The number of amidine groups is 1. The molecule has 0 aliphatic carbocycles. The standard InChI is InChI=1S/C19H16Cl2N4/c20-15-8-13(9-16(21)10-15)12-25-18(22)11-17(14-4-2-1-3-5-14)24-7-6-23-19(24)25/h1-5,8-11,22H,6-7,12H2. The SMILES string of the molecule is N=C1C=C(c2ccccc2)N2CCN=C2N1Cc1cc(Cl)cc(Cl)c1. The number of rotatable bonds is 3. The number of nitrogens with one attached hydrogen (secondary N) is 1. The minimum absolute atomic E-state index is 0.409. The Morgan fingerprint density at radius 2 is 1.76 bits per heavy atom. The fraction of sp³-hybridized carbons (Fsp3) is 0.158. The largest absolute Gasteiger partial charge is 0.310 e. The van der Waals surface area contributed by atoms with E-state index < -0.39 is 0 Å². The number of hydrogen-bond donors (Lipinski definition) is 1. The van der Waals surface area contributed by atoms with Crippen LogP contribution in [0, 0.1) is 5.41 Å². The van der Waals surface area contributed by atoms with Gasteiger partial charge in [-0.15, -0.1) is 0 Å². The van der Waals surface area contributed by atoms with E-state index in [2.05, 4.69) is 22.0 Å². The molecule has 25 heavy (non-hydrogen) atoms. The van der Waals surface area contributed by atoms with Gasteiger partial charge in [0.2, 0.25) is 5.96 Å². The summed E-state index contributed by atoms with van der Waals surface area (Å²) in [5.74, 6) is 1.22. The molecule has 0 fully saturated rings. The molecule has 0 bridgehead atoms. The van der Waals surface area contributed by atoms with Crippen molar-refractivity contribution in [3.8, 4) is 0 Å². The fourth-order valence-corrected chi connectivity index (χ4v) is 3.75. The Hall–Kier alpha value is -2.30. The van der Waals surface area contributed by atoms with Crippen molar-refractivity contribution in [3.63, 3.8) is 0 Å². The van der Waals surface area contributed by atoms with Crippen molar-refractivity contribution in [1.29, 1.82) is 5.41 Å². The molecule has 4 rings (SSSR count). The molecule has 2 aliphatic heterocycles. The summed E-state index contributed by atoms with van der Waals surface area (Å²) in [4.78, 5) is 8.68. The Balaban J connectivity index is 1.69. The van der Waals surface area contributed by atoms with Gasteiger partial charge in [-0.3, -0.25) is 15.3 Å². The minimum atomic E-state index is 0.409. The molecule has 0 amide bonds. The van der Waals surface area contributed by atoms with E-state index in [0.717, 1.165) is 35.9 Å². The van der Waals surface area contributed by atoms with Gasteiger partial charge < -0.3 is 4.90 Å². The van der Waals surface area contributed by atoms with Crippen LogP contribution in [0.15, 0.2) is 59.6 Å². The van der Waals surface area contributed by atoms with Gasteiger partial charge in [0.15, 0.2) is 0 Å². The molecule has 0 aromatic heterocycles. The predicted molar refractivity (Wildman–Crippen MR) is 103 cm³/mol. The van der Waals surface area contributed by atoms with Crippen LogP contribution >= 0.6 is 23.2 Å². The van der Waals surface area contributed by atoms with Gasteiger partial charge in [0, 0.05) is 22.7 Å². The summed E-state index contributed by atoms with van der Waals surface area (Å²) in [6.07, 6.45) is 1.89. The maximum atomic E-state index is 8.51. The summed E-state index contributed by atoms with van der Waals surface area (Å²) < 4.78 is 0. The van der Waals surface area contributed by atoms with E-state index >= 15 is 0 Å². The first kappa shape index (κ1) is 16.2.